The molecule has 3 rings (SSSR count). The largest absolute Gasteiger partial charge is 0.368 e. The molecule has 0 aliphatic rings. The Labute approximate surface area is 171 Å². The number of urea groups is 1. The van der Waals surface area contributed by atoms with Gasteiger partial charge in [-0.1, -0.05) is 25.1 Å². The first-order valence-electron chi connectivity index (χ1n) is 10.0. The molecule has 0 saturated heterocycles. The summed E-state index contributed by atoms with van der Waals surface area (Å²) in [7, 11) is 0. The monoisotopic (exact) mass is 395 g/mol. The zero-order chi connectivity index (χ0) is 21.0. The van der Waals surface area contributed by atoms with Crippen LogP contribution in [0.2, 0.25) is 0 Å². The lowest BCUT2D eigenvalue weighted by Gasteiger charge is -2.12. The Balaban J connectivity index is 1.88. The molecular weight excluding hydrogens is 366 g/mol. The van der Waals surface area contributed by atoms with Crippen LogP contribution in [-0.4, -0.2) is 44.9 Å². The van der Waals surface area contributed by atoms with Crippen molar-refractivity contribution in [1.82, 2.24) is 30.4 Å². The van der Waals surface area contributed by atoms with Crippen molar-refractivity contribution in [2.75, 3.05) is 18.4 Å². The van der Waals surface area contributed by atoms with Crippen LogP contribution < -0.4 is 16.0 Å². The van der Waals surface area contributed by atoms with Gasteiger partial charge in [-0.25, -0.2) is 19.4 Å². The molecule has 0 saturated carbocycles. The molecule has 2 aromatic heterocycles. The van der Waals surface area contributed by atoms with Gasteiger partial charge in [-0.15, -0.1) is 0 Å². The Morgan fingerprint density at radius 3 is 2.59 bits per heavy atom. The first kappa shape index (κ1) is 20.6. The lowest BCUT2D eigenvalue weighted by atomic mass is 10.2. The maximum Gasteiger partial charge on any atom is 0.315 e. The van der Waals surface area contributed by atoms with E-state index in [0.29, 0.717) is 13.1 Å². The van der Waals surface area contributed by atoms with Gasteiger partial charge in [-0.3, -0.25) is 0 Å². The number of rotatable bonds is 7. The third-order valence-electron chi connectivity index (χ3n) is 4.53. The number of aryl methyl sites for hydroxylation is 3. The van der Waals surface area contributed by atoms with E-state index in [1.165, 1.54) is 0 Å². The molecule has 8 heteroatoms. The predicted octanol–water partition coefficient (Wildman–Crippen LogP) is 3.11. The van der Waals surface area contributed by atoms with Crippen molar-refractivity contribution in [3.8, 4) is 5.69 Å². The molecule has 0 aliphatic carbocycles. The molecule has 8 nitrogen and oxygen atoms in total. The number of carbonyl (C=O) groups excluding carboxylic acids is 1. The number of hydrogen-bond acceptors (Lipinski definition) is 5. The minimum absolute atomic E-state index is 0.103. The van der Waals surface area contributed by atoms with E-state index in [1.54, 1.807) is 0 Å². The van der Waals surface area contributed by atoms with Crippen LogP contribution in [0, 0.1) is 13.8 Å². The van der Waals surface area contributed by atoms with E-state index < -0.39 is 0 Å². The number of benzene rings is 1. The van der Waals surface area contributed by atoms with Gasteiger partial charge in [0.05, 0.1) is 16.8 Å². The summed E-state index contributed by atoms with van der Waals surface area (Å²) < 4.78 is 1.89. The first-order chi connectivity index (χ1) is 13.9. The number of hydrogen-bond donors (Lipinski definition) is 3. The number of fused-ring (bicyclic) bond motifs is 1. The molecule has 3 aromatic rings. The van der Waals surface area contributed by atoms with Gasteiger partial charge in [0.25, 0.3) is 0 Å². The van der Waals surface area contributed by atoms with Crippen LogP contribution in [0.1, 0.15) is 37.9 Å². The number of aromatic nitrogens is 4. The zero-order valence-electron chi connectivity index (χ0n) is 17.7. The van der Waals surface area contributed by atoms with E-state index >= 15 is 0 Å². The highest BCUT2D eigenvalue weighted by atomic mass is 16.2. The summed E-state index contributed by atoms with van der Waals surface area (Å²) in [6, 6.07) is 8.05. The third-order valence-corrected chi connectivity index (χ3v) is 4.53. The third kappa shape index (κ3) is 4.64. The van der Waals surface area contributed by atoms with Crippen molar-refractivity contribution in [3.05, 3.63) is 41.3 Å². The summed E-state index contributed by atoms with van der Waals surface area (Å²) in [4.78, 5) is 21.2. The fourth-order valence-electron chi connectivity index (χ4n) is 3.15. The molecule has 0 radical (unpaired) electrons. The Hall–Kier alpha value is -3.16. The second kappa shape index (κ2) is 8.89. The second-order valence-corrected chi connectivity index (χ2v) is 7.31. The molecule has 0 unspecified atom stereocenters. The normalized spacial score (nSPS) is 11.1. The molecule has 2 amide bonds. The standard InChI is InChI=1S/C21H29N7O/c1-6-17-25-19(22-11-12-23-21(29)24-13(2)3)18-15(5)27-28(20(18)26-17)16-10-8-7-9-14(16)4/h7-10,13H,6,11-12H2,1-5H3,(H,22,25,26)(H2,23,24,29). The van der Waals surface area contributed by atoms with Gasteiger partial charge in [0.1, 0.15) is 11.6 Å². The van der Waals surface area contributed by atoms with Gasteiger partial charge in [0, 0.05) is 25.6 Å². The Bertz CT molecular complexity index is 1010. The van der Waals surface area contributed by atoms with Gasteiger partial charge in [0.2, 0.25) is 0 Å². The molecule has 3 N–H and O–H groups in total. The van der Waals surface area contributed by atoms with Crippen molar-refractivity contribution in [3.63, 3.8) is 0 Å². The quantitative estimate of drug-likeness (QED) is 0.534. The van der Waals surface area contributed by atoms with Crippen molar-refractivity contribution < 1.29 is 4.79 Å². The number of anilines is 1. The van der Waals surface area contributed by atoms with Gasteiger partial charge in [0.15, 0.2) is 5.65 Å². The highest BCUT2D eigenvalue weighted by Gasteiger charge is 2.17. The summed E-state index contributed by atoms with van der Waals surface area (Å²) in [6.07, 6.45) is 0.720. The van der Waals surface area contributed by atoms with Gasteiger partial charge in [-0.2, -0.15) is 5.10 Å². The maximum absolute atomic E-state index is 11.7. The molecule has 1 aromatic carbocycles. The lowest BCUT2D eigenvalue weighted by molar-refractivity contribution is 0.239. The fourth-order valence-corrected chi connectivity index (χ4v) is 3.15. The van der Waals surface area contributed by atoms with E-state index in [2.05, 4.69) is 33.9 Å². The topological polar surface area (TPSA) is 96.8 Å². The van der Waals surface area contributed by atoms with Crippen LogP contribution in [0.5, 0.6) is 0 Å². The summed E-state index contributed by atoms with van der Waals surface area (Å²) in [6.45, 7) is 10.9. The van der Waals surface area contributed by atoms with Crippen LogP contribution in [0.25, 0.3) is 16.7 Å². The number of amides is 2. The SMILES string of the molecule is CCc1nc(NCCNC(=O)NC(C)C)c2c(C)nn(-c3ccccc3C)c2n1. The summed E-state index contributed by atoms with van der Waals surface area (Å²) in [5.41, 5.74) is 3.78. The average molecular weight is 396 g/mol. The van der Waals surface area contributed by atoms with Crippen molar-refractivity contribution in [2.24, 2.45) is 0 Å². The number of carbonyl (C=O) groups is 1. The van der Waals surface area contributed by atoms with Crippen LogP contribution in [0.4, 0.5) is 10.6 Å². The molecule has 154 valence electrons. The van der Waals surface area contributed by atoms with Crippen molar-refractivity contribution in [1.29, 1.82) is 0 Å². The smallest absolute Gasteiger partial charge is 0.315 e. The molecule has 29 heavy (non-hydrogen) atoms. The molecule has 0 fully saturated rings. The summed E-state index contributed by atoms with van der Waals surface area (Å²) in [5, 5.41) is 14.6. The molecule has 2 heterocycles. The predicted molar refractivity (Wildman–Crippen MR) is 116 cm³/mol. The Morgan fingerprint density at radius 1 is 1.14 bits per heavy atom. The zero-order valence-corrected chi connectivity index (χ0v) is 17.7. The average Bonchev–Trinajstić information content (AvgIpc) is 3.01. The minimum Gasteiger partial charge on any atom is -0.368 e. The van der Waals surface area contributed by atoms with Crippen LogP contribution in [0.3, 0.4) is 0 Å². The van der Waals surface area contributed by atoms with Crippen molar-refractivity contribution >= 4 is 22.9 Å². The Kier molecular flexibility index (Phi) is 6.31. The van der Waals surface area contributed by atoms with E-state index in [1.807, 2.05) is 50.6 Å². The van der Waals surface area contributed by atoms with E-state index in [4.69, 9.17) is 10.1 Å². The summed E-state index contributed by atoms with van der Waals surface area (Å²) in [5.74, 6) is 1.50. The van der Waals surface area contributed by atoms with Crippen molar-refractivity contribution in [2.45, 2.75) is 47.1 Å². The number of nitrogens with one attached hydrogen (secondary N) is 3. The van der Waals surface area contributed by atoms with Gasteiger partial charge < -0.3 is 16.0 Å². The summed E-state index contributed by atoms with van der Waals surface area (Å²) >= 11 is 0. The van der Waals surface area contributed by atoms with E-state index in [-0.39, 0.29) is 12.1 Å². The molecule has 0 atom stereocenters. The molecule has 0 bridgehead atoms. The maximum atomic E-state index is 11.7. The highest BCUT2D eigenvalue weighted by molar-refractivity contribution is 5.90. The highest BCUT2D eigenvalue weighted by Crippen LogP contribution is 2.27. The van der Waals surface area contributed by atoms with Crippen LogP contribution in [0.15, 0.2) is 24.3 Å². The molecular formula is C21H29N7O. The van der Waals surface area contributed by atoms with Crippen LogP contribution >= 0.6 is 0 Å². The van der Waals surface area contributed by atoms with Gasteiger partial charge >= 0.3 is 6.03 Å². The van der Waals surface area contributed by atoms with E-state index in [9.17, 15) is 4.79 Å². The van der Waals surface area contributed by atoms with Gasteiger partial charge in [-0.05, 0) is 39.3 Å². The first-order valence-corrected chi connectivity index (χ1v) is 10.0. The number of nitrogens with zero attached hydrogens (tertiary/aromatic N) is 4. The lowest BCUT2D eigenvalue weighted by Crippen LogP contribution is -2.41. The molecule has 0 spiro atoms. The number of para-hydroxylation sites is 1. The van der Waals surface area contributed by atoms with E-state index in [0.717, 1.165) is 46.0 Å². The Morgan fingerprint density at radius 2 is 1.90 bits per heavy atom. The second-order valence-electron chi connectivity index (χ2n) is 7.31. The van der Waals surface area contributed by atoms with Crippen LogP contribution in [-0.2, 0) is 6.42 Å². The minimum atomic E-state index is -0.174. The fraction of sp³-hybridized carbons (Fsp3) is 0.429. The molecule has 0 aliphatic heterocycles.